The summed E-state index contributed by atoms with van der Waals surface area (Å²) in [6, 6.07) is 9.70. The Kier molecular flexibility index (Phi) is 5.13. The summed E-state index contributed by atoms with van der Waals surface area (Å²) in [4.78, 5) is 18.4. The van der Waals surface area contributed by atoms with Gasteiger partial charge in [-0.1, -0.05) is 0 Å². The molecule has 0 saturated carbocycles. The van der Waals surface area contributed by atoms with Crippen molar-refractivity contribution in [3.05, 3.63) is 53.3 Å². The Morgan fingerprint density at radius 2 is 2.10 bits per heavy atom. The largest absolute Gasteiger partial charge is 0.496 e. The summed E-state index contributed by atoms with van der Waals surface area (Å²) in [5, 5.41) is 9.40. The minimum atomic E-state index is -2.58. The lowest BCUT2D eigenvalue weighted by Crippen LogP contribution is -2.40. The molecular weight excluding hydrogens is 402 g/mol. The van der Waals surface area contributed by atoms with Gasteiger partial charge in [-0.05, 0) is 55.7 Å². The van der Waals surface area contributed by atoms with E-state index in [0.29, 0.717) is 23.4 Å². The Morgan fingerprint density at radius 1 is 1.32 bits per heavy atom. The van der Waals surface area contributed by atoms with Crippen molar-refractivity contribution in [1.29, 1.82) is 5.26 Å². The highest BCUT2D eigenvalue weighted by atomic mass is 19.3. The Bertz CT molecular complexity index is 1190. The molecule has 1 aromatic carbocycles. The summed E-state index contributed by atoms with van der Waals surface area (Å²) in [5.41, 5.74) is 3.66. The van der Waals surface area contributed by atoms with E-state index in [1.54, 1.807) is 12.3 Å². The molecule has 31 heavy (non-hydrogen) atoms. The number of hydrogen-bond acceptors (Lipinski definition) is 4. The zero-order valence-corrected chi connectivity index (χ0v) is 17.5. The van der Waals surface area contributed by atoms with E-state index in [9.17, 15) is 18.8 Å². The minimum absolute atomic E-state index is 0.239. The van der Waals surface area contributed by atoms with Crippen molar-refractivity contribution >= 4 is 11.6 Å². The molecular formula is C23H22F2N4O2. The molecule has 0 N–H and O–H groups in total. The van der Waals surface area contributed by atoms with E-state index in [0.717, 1.165) is 22.4 Å². The molecule has 4 rings (SSSR count). The first-order chi connectivity index (χ1) is 14.7. The number of hydrogen-bond donors (Lipinski definition) is 0. The standard InChI is InChI=1S/C23H22F2N4O2/c1-23(2,13-26)16-5-7-29-17(11-27-20(29)10-16)15-8-14-4-6-28(12-19(24)25)22(30)21(14)18(9-15)31-3/h5,7-11,19H,4,6,12H2,1-3H3. The molecule has 1 aliphatic rings. The van der Waals surface area contributed by atoms with E-state index in [2.05, 4.69) is 11.1 Å². The van der Waals surface area contributed by atoms with E-state index >= 15 is 0 Å². The number of imidazole rings is 1. The zero-order chi connectivity index (χ0) is 22.3. The number of aromatic nitrogens is 2. The number of benzene rings is 1. The van der Waals surface area contributed by atoms with Crippen molar-refractivity contribution in [3.63, 3.8) is 0 Å². The quantitative estimate of drug-likeness (QED) is 0.619. The van der Waals surface area contributed by atoms with E-state index in [4.69, 9.17) is 4.74 Å². The highest BCUT2D eigenvalue weighted by Gasteiger charge is 2.30. The number of carbonyl (C=O) groups excluding carboxylic acids is 1. The Morgan fingerprint density at radius 3 is 2.77 bits per heavy atom. The van der Waals surface area contributed by atoms with Crippen LogP contribution in [0.4, 0.5) is 8.78 Å². The minimum Gasteiger partial charge on any atom is -0.496 e. The van der Waals surface area contributed by atoms with Crippen molar-refractivity contribution in [2.24, 2.45) is 0 Å². The lowest BCUT2D eigenvalue weighted by Gasteiger charge is -2.29. The van der Waals surface area contributed by atoms with Crippen LogP contribution in [0.15, 0.2) is 36.7 Å². The summed E-state index contributed by atoms with van der Waals surface area (Å²) in [6.45, 7) is 3.36. The van der Waals surface area contributed by atoms with Crippen LogP contribution in [-0.2, 0) is 11.8 Å². The number of pyridine rings is 1. The van der Waals surface area contributed by atoms with E-state index in [1.807, 2.05) is 42.6 Å². The number of nitriles is 1. The van der Waals surface area contributed by atoms with E-state index in [-0.39, 0.29) is 6.54 Å². The Hall–Kier alpha value is -3.47. The topological polar surface area (TPSA) is 70.6 Å². The summed E-state index contributed by atoms with van der Waals surface area (Å²) in [5.74, 6) is -0.0832. The molecule has 160 valence electrons. The van der Waals surface area contributed by atoms with Gasteiger partial charge in [0.2, 0.25) is 0 Å². The molecule has 1 amide bonds. The summed E-state index contributed by atoms with van der Waals surface area (Å²) in [6.07, 6.45) is 1.49. The van der Waals surface area contributed by atoms with Crippen LogP contribution in [0.2, 0.25) is 0 Å². The average molecular weight is 424 g/mol. The first-order valence-electron chi connectivity index (χ1n) is 9.92. The van der Waals surface area contributed by atoms with Crippen LogP contribution in [0.25, 0.3) is 16.9 Å². The third kappa shape index (κ3) is 3.61. The van der Waals surface area contributed by atoms with Crippen molar-refractivity contribution in [3.8, 4) is 23.1 Å². The number of rotatable bonds is 5. The van der Waals surface area contributed by atoms with Crippen LogP contribution in [0, 0.1) is 11.3 Å². The van der Waals surface area contributed by atoms with Gasteiger partial charge in [-0.25, -0.2) is 13.8 Å². The van der Waals surface area contributed by atoms with Crippen LogP contribution in [-0.4, -0.2) is 46.8 Å². The van der Waals surface area contributed by atoms with Gasteiger partial charge in [-0.15, -0.1) is 0 Å². The molecule has 2 aromatic heterocycles. The molecule has 3 aromatic rings. The van der Waals surface area contributed by atoms with Gasteiger partial charge in [-0.2, -0.15) is 5.26 Å². The van der Waals surface area contributed by atoms with Crippen LogP contribution >= 0.6 is 0 Å². The molecule has 0 atom stereocenters. The predicted molar refractivity (Wildman–Crippen MR) is 111 cm³/mol. The van der Waals surface area contributed by atoms with Crippen LogP contribution in [0.5, 0.6) is 5.75 Å². The van der Waals surface area contributed by atoms with Crippen molar-refractivity contribution in [2.45, 2.75) is 32.1 Å². The number of carbonyl (C=O) groups is 1. The lowest BCUT2D eigenvalue weighted by atomic mass is 9.87. The monoisotopic (exact) mass is 424 g/mol. The van der Waals surface area contributed by atoms with Gasteiger partial charge < -0.3 is 9.64 Å². The maximum Gasteiger partial charge on any atom is 0.258 e. The van der Waals surface area contributed by atoms with Gasteiger partial charge in [-0.3, -0.25) is 9.20 Å². The summed E-state index contributed by atoms with van der Waals surface area (Å²) >= 11 is 0. The van der Waals surface area contributed by atoms with Crippen molar-refractivity contribution in [2.75, 3.05) is 20.2 Å². The number of fused-ring (bicyclic) bond motifs is 2. The summed E-state index contributed by atoms with van der Waals surface area (Å²) in [7, 11) is 1.46. The van der Waals surface area contributed by atoms with Gasteiger partial charge in [0.05, 0.1) is 42.6 Å². The molecule has 8 heteroatoms. The van der Waals surface area contributed by atoms with Gasteiger partial charge in [0, 0.05) is 18.3 Å². The van der Waals surface area contributed by atoms with Gasteiger partial charge in [0.15, 0.2) is 0 Å². The fourth-order valence-electron chi connectivity index (χ4n) is 3.93. The first kappa shape index (κ1) is 20.8. The van der Waals surface area contributed by atoms with Crippen LogP contribution < -0.4 is 4.74 Å². The Labute approximate surface area is 178 Å². The van der Waals surface area contributed by atoms with E-state index in [1.165, 1.54) is 12.0 Å². The molecule has 0 unspecified atom stereocenters. The number of nitrogens with zero attached hydrogens (tertiary/aromatic N) is 4. The maximum absolute atomic E-state index is 12.8. The molecule has 0 bridgehead atoms. The fraction of sp³-hybridized carbons (Fsp3) is 0.348. The summed E-state index contributed by atoms with van der Waals surface area (Å²) < 4.78 is 33.0. The second kappa shape index (κ2) is 7.65. The molecule has 0 fully saturated rings. The zero-order valence-electron chi connectivity index (χ0n) is 17.5. The highest BCUT2D eigenvalue weighted by Crippen LogP contribution is 2.35. The molecule has 0 aliphatic carbocycles. The SMILES string of the molecule is COc1cc(-c2cnc3cc(C(C)(C)C#N)ccn23)cc2c1C(=O)N(CC(F)F)CC2. The maximum atomic E-state index is 12.8. The molecule has 1 aliphatic heterocycles. The molecule has 0 saturated heterocycles. The predicted octanol–water partition coefficient (Wildman–Crippen LogP) is 4.07. The van der Waals surface area contributed by atoms with Gasteiger partial charge >= 0.3 is 0 Å². The van der Waals surface area contributed by atoms with E-state index < -0.39 is 24.3 Å². The fourth-order valence-corrected chi connectivity index (χ4v) is 3.93. The van der Waals surface area contributed by atoms with Gasteiger partial charge in [0.1, 0.15) is 11.4 Å². The van der Waals surface area contributed by atoms with Crippen molar-refractivity contribution in [1.82, 2.24) is 14.3 Å². The van der Waals surface area contributed by atoms with Gasteiger partial charge in [0.25, 0.3) is 12.3 Å². The third-order valence-electron chi connectivity index (χ3n) is 5.72. The smallest absolute Gasteiger partial charge is 0.258 e. The normalized spacial score (nSPS) is 14.1. The second-order valence-electron chi connectivity index (χ2n) is 8.13. The number of methoxy groups -OCH3 is 1. The van der Waals surface area contributed by atoms with Crippen LogP contribution in [0.3, 0.4) is 0 Å². The third-order valence-corrected chi connectivity index (χ3v) is 5.72. The highest BCUT2D eigenvalue weighted by molar-refractivity contribution is 6.00. The second-order valence-corrected chi connectivity index (χ2v) is 8.13. The Balaban J connectivity index is 1.78. The van der Waals surface area contributed by atoms with Crippen LogP contribution in [0.1, 0.15) is 35.3 Å². The molecule has 3 heterocycles. The molecule has 0 radical (unpaired) electrons. The number of halogens is 2. The average Bonchev–Trinajstić information content (AvgIpc) is 3.18. The number of amides is 1. The number of ether oxygens (including phenoxy) is 1. The number of alkyl halides is 2. The molecule has 6 nitrogen and oxygen atoms in total. The van der Waals surface area contributed by atoms with Crippen molar-refractivity contribution < 1.29 is 18.3 Å². The first-order valence-corrected chi connectivity index (χ1v) is 9.92. The lowest BCUT2D eigenvalue weighted by molar-refractivity contribution is 0.0534. The molecule has 0 spiro atoms.